The lowest BCUT2D eigenvalue weighted by atomic mass is 9.97. The number of nitrogens with one attached hydrogen (secondary N) is 1. The Morgan fingerprint density at radius 3 is 2.50 bits per heavy atom. The highest BCUT2D eigenvalue weighted by Gasteiger charge is 2.22. The van der Waals surface area contributed by atoms with Crippen molar-refractivity contribution in [3.63, 3.8) is 0 Å². The van der Waals surface area contributed by atoms with Crippen LogP contribution in [0.15, 0.2) is 36.4 Å². The van der Waals surface area contributed by atoms with E-state index in [4.69, 9.17) is 4.74 Å². The smallest absolute Gasteiger partial charge is 0.412 e. The van der Waals surface area contributed by atoms with E-state index >= 15 is 0 Å². The zero-order valence-electron chi connectivity index (χ0n) is 13.2. The normalized spacial score (nSPS) is 15.9. The quantitative estimate of drug-likeness (QED) is 0.760. The van der Waals surface area contributed by atoms with Crippen molar-refractivity contribution < 1.29 is 13.9 Å². The summed E-state index contributed by atoms with van der Waals surface area (Å²) in [5, 5.41) is 2.66. The van der Waals surface area contributed by atoms with Gasteiger partial charge in [0.25, 0.3) is 0 Å². The van der Waals surface area contributed by atoms with Crippen molar-refractivity contribution in [2.24, 2.45) is 0 Å². The zero-order chi connectivity index (χ0) is 16.3. The molecule has 1 atom stereocenters. The minimum Gasteiger partial charge on any atom is -0.441 e. The van der Waals surface area contributed by atoms with Crippen molar-refractivity contribution in [3.8, 4) is 11.1 Å². The highest BCUT2D eigenvalue weighted by atomic mass is 19.1. The van der Waals surface area contributed by atoms with E-state index < -0.39 is 6.09 Å². The molecule has 0 bridgehead atoms. The molecule has 0 saturated carbocycles. The first-order valence-corrected chi connectivity index (χ1v) is 7.42. The fourth-order valence-electron chi connectivity index (χ4n) is 2.46. The van der Waals surface area contributed by atoms with Gasteiger partial charge in [0.2, 0.25) is 0 Å². The minimum absolute atomic E-state index is 0.254. The number of hydrogen-bond donors (Lipinski definition) is 1. The van der Waals surface area contributed by atoms with Gasteiger partial charge in [0, 0.05) is 5.56 Å². The molecule has 1 heterocycles. The van der Waals surface area contributed by atoms with Gasteiger partial charge in [-0.3, -0.25) is 5.32 Å². The number of anilines is 1. The van der Waals surface area contributed by atoms with Crippen LogP contribution in [-0.2, 0) is 4.74 Å². The number of benzene rings is 2. The molecule has 116 valence electrons. The third-order valence-corrected chi connectivity index (χ3v) is 3.39. The van der Waals surface area contributed by atoms with E-state index in [1.54, 1.807) is 0 Å². The number of carbonyl (C=O) groups is 1. The second-order valence-corrected chi connectivity index (χ2v) is 4.99. The monoisotopic (exact) mass is 301 g/mol. The van der Waals surface area contributed by atoms with Crippen molar-refractivity contribution >= 4 is 11.8 Å². The zero-order valence-corrected chi connectivity index (χ0v) is 13.2. The largest absolute Gasteiger partial charge is 0.441 e. The van der Waals surface area contributed by atoms with Gasteiger partial charge in [0.1, 0.15) is 11.9 Å². The highest BCUT2D eigenvalue weighted by Crippen LogP contribution is 2.34. The van der Waals surface area contributed by atoms with Gasteiger partial charge in [-0.2, -0.15) is 0 Å². The predicted octanol–water partition coefficient (Wildman–Crippen LogP) is 5.45. The Morgan fingerprint density at radius 1 is 1.09 bits per heavy atom. The summed E-state index contributed by atoms with van der Waals surface area (Å²) in [7, 11) is 0. The van der Waals surface area contributed by atoms with Gasteiger partial charge in [0.05, 0.1) is 5.69 Å². The molecular weight excluding hydrogens is 281 g/mol. The predicted molar refractivity (Wildman–Crippen MR) is 86.4 cm³/mol. The first-order valence-electron chi connectivity index (χ1n) is 7.42. The lowest BCUT2D eigenvalue weighted by Gasteiger charge is -2.24. The fraction of sp³-hybridized carbons (Fsp3) is 0.278. The average Bonchev–Trinajstić information content (AvgIpc) is 2.48. The summed E-state index contributed by atoms with van der Waals surface area (Å²) in [4.78, 5) is 11.3. The molecule has 3 nitrogen and oxygen atoms in total. The molecule has 0 fully saturated rings. The number of halogens is 1. The topological polar surface area (TPSA) is 38.3 Å². The summed E-state index contributed by atoms with van der Waals surface area (Å²) in [5.74, 6) is -0.254. The summed E-state index contributed by atoms with van der Waals surface area (Å²) in [6.07, 6.45) is -0.757. The molecule has 0 aliphatic carbocycles. The molecule has 1 N–H and O–H groups in total. The molecule has 22 heavy (non-hydrogen) atoms. The molecule has 2 aromatic carbocycles. The molecule has 3 rings (SSSR count). The van der Waals surface area contributed by atoms with E-state index in [9.17, 15) is 9.18 Å². The second-order valence-electron chi connectivity index (χ2n) is 4.99. The van der Waals surface area contributed by atoms with Crippen molar-refractivity contribution in [2.45, 2.75) is 33.8 Å². The summed E-state index contributed by atoms with van der Waals surface area (Å²) < 4.78 is 18.6. The van der Waals surface area contributed by atoms with Crippen molar-refractivity contribution in [2.75, 3.05) is 5.32 Å². The maximum atomic E-state index is 13.5. The Bertz CT molecular complexity index is 677. The van der Waals surface area contributed by atoms with Crippen LogP contribution < -0.4 is 5.32 Å². The Kier molecular flexibility index (Phi) is 4.81. The lowest BCUT2D eigenvalue weighted by molar-refractivity contribution is 0.116. The highest BCUT2D eigenvalue weighted by molar-refractivity contribution is 5.89. The number of amides is 1. The Labute approximate surface area is 130 Å². The van der Waals surface area contributed by atoms with Gasteiger partial charge in [-0.1, -0.05) is 26.0 Å². The molecule has 0 radical (unpaired) electrons. The van der Waals surface area contributed by atoms with Crippen LogP contribution >= 0.6 is 0 Å². The number of fused-ring (bicyclic) bond motifs is 1. The molecule has 1 amide bonds. The van der Waals surface area contributed by atoms with Crippen LogP contribution in [0.25, 0.3) is 11.1 Å². The van der Waals surface area contributed by atoms with Crippen LogP contribution in [0.3, 0.4) is 0 Å². The molecule has 0 spiro atoms. The van der Waals surface area contributed by atoms with E-state index in [2.05, 4.69) is 5.32 Å². The van der Waals surface area contributed by atoms with Crippen molar-refractivity contribution in [1.29, 1.82) is 0 Å². The number of aryl methyl sites for hydroxylation is 1. The number of ether oxygens (including phenoxy) is 1. The van der Waals surface area contributed by atoms with Gasteiger partial charge in [-0.15, -0.1) is 0 Å². The molecule has 1 unspecified atom stereocenters. The van der Waals surface area contributed by atoms with Crippen molar-refractivity contribution in [3.05, 3.63) is 53.3 Å². The van der Waals surface area contributed by atoms with Crippen LogP contribution in [0.2, 0.25) is 0 Å². The maximum absolute atomic E-state index is 13.5. The fourth-order valence-corrected chi connectivity index (χ4v) is 2.46. The Hall–Kier alpha value is -2.36. The minimum atomic E-state index is -0.445. The standard InChI is InChI=1S/C16H14FNO2.C2H6/c1-9-5-12(7-13(17)6-9)11-3-4-15-14(8-11)10(2)20-16(19)18-15;1-2/h3-8,10H,1-2H3,(H,18,19);1-2H3. The molecule has 2 aromatic rings. The van der Waals surface area contributed by atoms with Crippen LogP contribution in [-0.4, -0.2) is 6.09 Å². The number of hydrogen-bond acceptors (Lipinski definition) is 2. The number of carbonyl (C=O) groups excluding carboxylic acids is 1. The van der Waals surface area contributed by atoms with Crippen LogP contribution in [0.4, 0.5) is 14.9 Å². The molecule has 1 aliphatic heterocycles. The average molecular weight is 301 g/mol. The van der Waals surface area contributed by atoms with Crippen LogP contribution in [0.1, 0.15) is 38.0 Å². The van der Waals surface area contributed by atoms with E-state index in [1.165, 1.54) is 12.1 Å². The van der Waals surface area contributed by atoms with E-state index in [-0.39, 0.29) is 11.9 Å². The number of cyclic esters (lactones) is 1. The first-order chi connectivity index (χ1) is 10.5. The lowest BCUT2D eigenvalue weighted by Crippen LogP contribution is -2.22. The van der Waals surface area contributed by atoms with Gasteiger partial charge in [-0.05, 0) is 54.8 Å². The SMILES string of the molecule is CC.Cc1cc(F)cc(-c2ccc3c(c2)C(C)OC(=O)N3)c1. The summed E-state index contributed by atoms with van der Waals surface area (Å²) in [6, 6.07) is 10.5. The van der Waals surface area contributed by atoms with Gasteiger partial charge in [0.15, 0.2) is 0 Å². The molecule has 0 saturated heterocycles. The summed E-state index contributed by atoms with van der Waals surface area (Å²) in [5.41, 5.74) is 4.22. The number of rotatable bonds is 1. The second kappa shape index (κ2) is 6.60. The molecule has 4 heteroatoms. The Balaban J connectivity index is 0.000000847. The summed E-state index contributed by atoms with van der Waals surface area (Å²) in [6.45, 7) is 7.68. The molecular formula is C18H20FNO2. The van der Waals surface area contributed by atoms with E-state index in [0.717, 1.165) is 27.9 Å². The van der Waals surface area contributed by atoms with Gasteiger partial charge >= 0.3 is 6.09 Å². The van der Waals surface area contributed by atoms with Crippen LogP contribution in [0, 0.1) is 12.7 Å². The third kappa shape index (κ3) is 3.27. The van der Waals surface area contributed by atoms with Gasteiger partial charge < -0.3 is 4.74 Å². The molecule has 1 aliphatic rings. The van der Waals surface area contributed by atoms with Crippen LogP contribution in [0.5, 0.6) is 0 Å². The maximum Gasteiger partial charge on any atom is 0.412 e. The van der Waals surface area contributed by atoms with Gasteiger partial charge in [-0.25, -0.2) is 9.18 Å². The van der Waals surface area contributed by atoms with E-state index in [1.807, 2.05) is 52.0 Å². The van der Waals surface area contributed by atoms with Crippen molar-refractivity contribution in [1.82, 2.24) is 0 Å². The Morgan fingerprint density at radius 2 is 1.82 bits per heavy atom. The first kappa shape index (κ1) is 16.0. The third-order valence-electron chi connectivity index (χ3n) is 3.39. The summed E-state index contributed by atoms with van der Waals surface area (Å²) >= 11 is 0. The van der Waals surface area contributed by atoms with E-state index in [0.29, 0.717) is 0 Å². The molecule has 0 aromatic heterocycles.